The van der Waals surface area contributed by atoms with E-state index in [0.717, 1.165) is 6.42 Å². The average Bonchev–Trinajstić information content (AvgIpc) is 2.32. The molecule has 0 aromatic heterocycles. The third-order valence-corrected chi connectivity index (χ3v) is 4.07. The quantitative estimate of drug-likeness (QED) is 0.900. The predicted octanol–water partition coefficient (Wildman–Crippen LogP) is 3.46. The lowest BCUT2D eigenvalue weighted by atomic mass is 10.2. The summed E-state index contributed by atoms with van der Waals surface area (Å²) >= 11 is 4.83. The Bertz CT molecular complexity index is 400. The van der Waals surface area contributed by atoms with Gasteiger partial charge in [0.25, 0.3) is 5.91 Å². The van der Waals surface area contributed by atoms with Crippen LogP contribution in [0.2, 0.25) is 0 Å². The maximum atomic E-state index is 13.0. The van der Waals surface area contributed by atoms with Gasteiger partial charge in [-0.2, -0.15) is 11.8 Å². The molecule has 0 bridgehead atoms. The molecule has 0 heterocycles. The van der Waals surface area contributed by atoms with Crippen LogP contribution in [-0.4, -0.2) is 24.0 Å². The monoisotopic (exact) mass is 319 g/mol. The number of thioether (sulfide) groups is 1. The van der Waals surface area contributed by atoms with Crippen LogP contribution in [0.4, 0.5) is 4.39 Å². The summed E-state index contributed by atoms with van der Waals surface area (Å²) in [6, 6.07) is 4.25. The van der Waals surface area contributed by atoms with E-state index in [1.807, 2.05) is 6.26 Å². The van der Waals surface area contributed by atoms with Crippen molar-refractivity contribution in [3.05, 3.63) is 34.1 Å². The summed E-state index contributed by atoms with van der Waals surface area (Å²) in [5.41, 5.74) is 0.468. The van der Waals surface area contributed by atoms with Crippen molar-refractivity contribution in [2.45, 2.75) is 18.6 Å². The van der Waals surface area contributed by atoms with E-state index < -0.39 is 0 Å². The lowest BCUT2D eigenvalue weighted by Crippen LogP contribution is -2.26. The van der Waals surface area contributed by atoms with Crippen molar-refractivity contribution in [2.24, 2.45) is 0 Å². The number of nitrogens with one attached hydrogen (secondary N) is 1. The van der Waals surface area contributed by atoms with Gasteiger partial charge < -0.3 is 5.32 Å². The summed E-state index contributed by atoms with van der Waals surface area (Å²) < 4.78 is 13.3. The Morgan fingerprint density at radius 2 is 2.29 bits per heavy atom. The number of amides is 1. The molecule has 0 aliphatic rings. The van der Waals surface area contributed by atoms with Crippen molar-refractivity contribution in [3.8, 4) is 0 Å². The number of halogens is 2. The summed E-state index contributed by atoms with van der Waals surface area (Å²) in [6.07, 6.45) is 2.97. The molecule has 0 fully saturated rings. The second-order valence-electron chi connectivity index (χ2n) is 3.72. The molecule has 1 aromatic rings. The number of hydrogen-bond donors (Lipinski definition) is 1. The van der Waals surface area contributed by atoms with Crippen molar-refractivity contribution in [3.63, 3.8) is 0 Å². The smallest absolute Gasteiger partial charge is 0.251 e. The van der Waals surface area contributed by atoms with E-state index in [9.17, 15) is 9.18 Å². The highest BCUT2D eigenvalue weighted by Crippen LogP contribution is 2.16. The zero-order valence-corrected chi connectivity index (χ0v) is 12.2. The SMILES string of the molecule is CSC(C)CCNC(=O)c1ccc(F)c(Br)c1. The minimum Gasteiger partial charge on any atom is -0.352 e. The minimum atomic E-state index is -0.363. The first-order valence-electron chi connectivity index (χ1n) is 5.30. The van der Waals surface area contributed by atoms with E-state index in [4.69, 9.17) is 0 Å². The van der Waals surface area contributed by atoms with Gasteiger partial charge in [-0.25, -0.2) is 4.39 Å². The van der Waals surface area contributed by atoms with Crippen LogP contribution in [0.25, 0.3) is 0 Å². The van der Waals surface area contributed by atoms with E-state index in [2.05, 4.69) is 28.2 Å². The molecule has 1 rings (SSSR count). The highest BCUT2D eigenvalue weighted by molar-refractivity contribution is 9.10. The average molecular weight is 320 g/mol. The van der Waals surface area contributed by atoms with Gasteiger partial charge in [0.15, 0.2) is 0 Å². The van der Waals surface area contributed by atoms with Gasteiger partial charge in [0.2, 0.25) is 0 Å². The molecule has 1 atom stereocenters. The van der Waals surface area contributed by atoms with Crippen molar-refractivity contribution in [2.75, 3.05) is 12.8 Å². The highest BCUT2D eigenvalue weighted by atomic mass is 79.9. The maximum absolute atomic E-state index is 13.0. The predicted molar refractivity (Wildman–Crippen MR) is 74.0 cm³/mol. The molecular weight excluding hydrogens is 305 g/mol. The number of benzene rings is 1. The molecule has 94 valence electrons. The van der Waals surface area contributed by atoms with Crippen LogP contribution in [-0.2, 0) is 0 Å². The van der Waals surface area contributed by atoms with Crippen molar-refractivity contribution in [1.82, 2.24) is 5.32 Å². The van der Waals surface area contributed by atoms with Crippen LogP contribution >= 0.6 is 27.7 Å². The van der Waals surface area contributed by atoms with Crippen LogP contribution < -0.4 is 5.32 Å². The Morgan fingerprint density at radius 3 is 2.88 bits per heavy atom. The summed E-state index contributed by atoms with van der Waals surface area (Å²) in [6.45, 7) is 2.75. The van der Waals surface area contributed by atoms with Gasteiger partial charge in [0.1, 0.15) is 5.82 Å². The first kappa shape index (κ1) is 14.5. The first-order chi connectivity index (χ1) is 8.04. The molecule has 0 aliphatic carbocycles. The van der Waals surface area contributed by atoms with E-state index in [-0.39, 0.29) is 11.7 Å². The molecule has 1 amide bonds. The normalized spacial score (nSPS) is 12.2. The Morgan fingerprint density at radius 1 is 1.59 bits per heavy atom. The van der Waals surface area contributed by atoms with Crippen LogP contribution in [0.3, 0.4) is 0 Å². The first-order valence-corrected chi connectivity index (χ1v) is 7.38. The van der Waals surface area contributed by atoms with Crippen molar-refractivity contribution >= 4 is 33.6 Å². The van der Waals surface area contributed by atoms with Gasteiger partial charge in [-0.3, -0.25) is 4.79 Å². The Kier molecular flexibility index (Phi) is 5.98. The maximum Gasteiger partial charge on any atom is 0.251 e. The lowest BCUT2D eigenvalue weighted by Gasteiger charge is -2.09. The summed E-state index contributed by atoms with van der Waals surface area (Å²) in [5, 5.41) is 3.34. The molecule has 0 radical (unpaired) electrons. The fourth-order valence-corrected chi connectivity index (χ4v) is 1.98. The van der Waals surface area contributed by atoms with Crippen LogP contribution in [0.1, 0.15) is 23.7 Å². The number of rotatable bonds is 5. The number of carbonyl (C=O) groups is 1. The molecule has 5 heteroatoms. The molecule has 1 aromatic carbocycles. The van der Waals surface area contributed by atoms with Gasteiger partial charge in [-0.15, -0.1) is 0 Å². The fourth-order valence-electron chi connectivity index (χ4n) is 1.25. The number of carbonyl (C=O) groups excluding carboxylic acids is 1. The van der Waals surface area contributed by atoms with Gasteiger partial charge in [0.05, 0.1) is 4.47 Å². The molecule has 2 nitrogen and oxygen atoms in total. The molecular formula is C12H15BrFNOS. The molecule has 0 saturated carbocycles. The third kappa shape index (κ3) is 4.68. The Balaban J connectivity index is 2.50. The Labute approximate surface area is 113 Å². The van der Waals surface area contributed by atoms with Gasteiger partial charge in [0, 0.05) is 17.4 Å². The van der Waals surface area contributed by atoms with E-state index >= 15 is 0 Å². The van der Waals surface area contributed by atoms with Gasteiger partial charge in [-0.05, 0) is 46.8 Å². The van der Waals surface area contributed by atoms with E-state index in [1.54, 1.807) is 11.8 Å². The van der Waals surface area contributed by atoms with Crippen molar-refractivity contribution < 1.29 is 9.18 Å². The Hall–Kier alpha value is -0.550. The molecule has 1 N–H and O–H groups in total. The van der Waals surface area contributed by atoms with E-state index in [0.29, 0.717) is 21.8 Å². The second kappa shape index (κ2) is 7.01. The van der Waals surface area contributed by atoms with Gasteiger partial charge in [-0.1, -0.05) is 6.92 Å². The van der Waals surface area contributed by atoms with Crippen LogP contribution in [0.5, 0.6) is 0 Å². The highest BCUT2D eigenvalue weighted by Gasteiger charge is 2.08. The molecule has 0 spiro atoms. The minimum absolute atomic E-state index is 0.168. The van der Waals surface area contributed by atoms with E-state index in [1.165, 1.54) is 18.2 Å². The van der Waals surface area contributed by atoms with Gasteiger partial charge >= 0.3 is 0 Å². The molecule has 1 unspecified atom stereocenters. The molecule has 0 aliphatic heterocycles. The zero-order chi connectivity index (χ0) is 12.8. The third-order valence-electron chi connectivity index (χ3n) is 2.42. The topological polar surface area (TPSA) is 29.1 Å². The van der Waals surface area contributed by atoms with Crippen molar-refractivity contribution in [1.29, 1.82) is 0 Å². The second-order valence-corrected chi connectivity index (χ2v) is 5.85. The largest absolute Gasteiger partial charge is 0.352 e. The zero-order valence-electron chi connectivity index (χ0n) is 9.80. The summed E-state index contributed by atoms with van der Waals surface area (Å²) in [5.74, 6) is -0.531. The lowest BCUT2D eigenvalue weighted by molar-refractivity contribution is 0.0953. The summed E-state index contributed by atoms with van der Waals surface area (Å²) in [7, 11) is 0. The van der Waals surface area contributed by atoms with Crippen LogP contribution in [0, 0.1) is 5.82 Å². The molecule has 0 saturated heterocycles. The standard InChI is InChI=1S/C12H15BrFNOS/c1-8(17-2)5-6-15-12(16)9-3-4-11(14)10(13)7-9/h3-4,7-8H,5-6H2,1-2H3,(H,15,16). The number of hydrogen-bond acceptors (Lipinski definition) is 2. The fraction of sp³-hybridized carbons (Fsp3) is 0.417. The molecule has 17 heavy (non-hydrogen) atoms. The summed E-state index contributed by atoms with van der Waals surface area (Å²) in [4.78, 5) is 11.7. The van der Waals surface area contributed by atoms with Crippen LogP contribution in [0.15, 0.2) is 22.7 Å².